The average molecular weight is 529 g/mol. The molecule has 8 atom stereocenters. The second kappa shape index (κ2) is 10.2. The Morgan fingerprint density at radius 3 is 2.62 bits per heavy atom. The highest BCUT2D eigenvalue weighted by atomic mass is 16.3. The van der Waals surface area contributed by atoms with Crippen LogP contribution in [0.4, 0.5) is 0 Å². The van der Waals surface area contributed by atoms with Crippen molar-refractivity contribution in [2.75, 3.05) is 0 Å². The van der Waals surface area contributed by atoms with Crippen LogP contribution in [0.5, 0.6) is 0 Å². The first-order valence-electron chi connectivity index (χ1n) is 13.6. The molecule has 7 nitrogen and oxygen atoms in total. The number of aliphatic hydroxyl groups excluding tert-OH is 2. The molecule has 1 amide bonds. The lowest BCUT2D eigenvalue weighted by Crippen LogP contribution is -2.58. The molecule has 1 saturated carbocycles. The van der Waals surface area contributed by atoms with Crippen LogP contribution in [-0.2, 0) is 20.8 Å². The topological polar surface area (TPSA) is 119 Å². The molecule has 7 heteroatoms. The highest BCUT2D eigenvalue weighted by molar-refractivity contribution is 6.15. The molecule has 2 aliphatic carbocycles. The Hall–Kier alpha value is -3.55. The number of amides is 1. The zero-order chi connectivity index (χ0) is 28.1. The average Bonchev–Trinajstić information content (AvgIpc) is 3.45. The number of para-hydroxylation sites is 1. The van der Waals surface area contributed by atoms with Crippen LogP contribution in [0.3, 0.4) is 0 Å². The summed E-state index contributed by atoms with van der Waals surface area (Å²) in [6.07, 6.45) is 8.17. The van der Waals surface area contributed by atoms with Crippen molar-refractivity contribution in [1.29, 1.82) is 0 Å². The van der Waals surface area contributed by atoms with Crippen molar-refractivity contribution < 1.29 is 24.6 Å². The molecule has 2 aromatic rings. The zero-order valence-corrected chi connectivity index (χ0v) is 22.6. The molecule has 3 aliphatic rings. The van der Waals surface area contributed by atoms with Gasteiger partial charge in [-0.3, -0.25) is 14.4 Å². The number of aromatic amines is 1. The third-order valence-corrected chi connectivity index (χ3v) is 9.04. The Morgan fingerprint density at radius 1 is 1.10 bits per heavy atom. The quantitative estimate of drug-likeness (QED) is 0.351. The van der Waals surface area contributed by atoms with Crippen molar-refractivity contribution in [1.82, 2.24) is 10.3 Å². The fourth-order valence-corrected chi connectivity index (χ4v) is 7.01. The van der Waals surface area contributed by atoms with Crippen LogP contribution in [0.15, 0.2) is 78.6 Å². The van der Waals surface area contributed by atoms with E-state index in [4.69, 9.17) is 0 Å². The number of aliphatic hydroxyl groups is 2. The number of hydrogen-bond acceptors (Lipinski definition) is 5. The summed E-state index contributed by atoms with van der Waals surface area (Å²) in [6.45, 7) is 9.74. The number of aromatic nitrogens is 1. The number of H-pyrrole nitrogens is 1. The summed E-state index contributed by atoms with van der Waals surface area (Å²) in [6, 6.07) is 7.53. The van der Waals surface area contributed by atoms with Gasteiger partial charge in [-0.25, -0.2) is 0 Å². The predicted octanol–water partition coefficient (Wildman–Crippen LogP) is 3.59. The van der Waals surface area contributed by atoms with Gasteiger partial charge in [0.25, 0.3) is 0 Å². The van der Waals surface area contributed by atoms with Gasteiger partial charge in [-0.1, -0.05) is 56.9 Å². The van der Waals surface area contributed by atoms with Crippen molar-refractivity contribution in [2.24, 2.45) is 29.1 Å². The molecule has 1 aliphatic heterocycles. The van der Waals surface area contributed by atoms with E-state index in [0.717, 1.165) is 28.6 Å². The molecule has 4 N–H and O–H groups in total. The van der Waals surface area contributed by atoms with Gasteiger partial charge in [0.2, 0.25) is 5.91 Å². The first-order valence-corrected chi connectivity index (χ1v) is 13.6. The lowest BCUT2D eigenvalue weighted by atomic mass is 9.52. The van der Waals surface area contributed by atoms with Crippen LogP contribution in [0.2, 0.25) is 0 Å². The predicted molar refractivity (Wildman–Crippen MR) is 149 cm³/mol. The third-order valence-electron chi connectivity index (χ3n) is 9.04. The van der Waals surface area contributed by atoms with E-state index >= 15 is 0 Å². The number of carbonyl (C=O) groups excluding carboxylic acids is 3. The summed E-state index contributed by atoms with van der Waals surface area (Å²) in [5, 5.41) is 26.1. The Balaban J connectivity index is 1.63. The number of carbonyl (C=O) groups is 3. The number of benzene rings is 1. The maximum Gasteiger partial charge on any atom is 0.235 e. The van der Waals surface area contributed by atoms with Gasteiger partial charge in [-0.15, -0.1) is 0 Å². The van der Waals surface area contributed by atoms with E-state index in [1.165, 1.54) is 0 Å². The number of fused-ring (bicyclic) bond motifs is 1. The molecule has 1 aromatic heterocycles. The Morgan fingerprint density at radius 2 is 1.85 bits per heavy atom. The van der Waals surface area contributed by atoms with Crippen LogP contribution in [0, 0.1) is 29.1 Å². The number of allylic oxidation sites excluding steroid dienone is 3. The van der Waals surface area contributed by atoms with E-state index in [-0.39, 0.29) is 11.8 Å². The van der Waals surface area contributed by atoms with Crippen LogP contribution in [0.1, 0.15) is 32.8 Å². The highest BCUT2D eigenvalue weighted by Gasteiger charge is 2.68. The third kappa shape index (κ3) is 4.34. The van der Waals surface area contributed by atoms with E-state index in [0.29, 0.717) is 24.0 Å². The summed E-state index contributed by atoms with van der Waals surface area (Å²) in [4.78, 5) is 44.2. The maximum atomic E-state index is 14.1. The number of rotatable bonds is 2. The first-order chi connectivity index (χ1) is 18.6. The van der Waals surface area contributed by atoms with Crippen LogP contribution in [-0.4, -0.2) is 50.9 Å². The molecule has 0 bridgehead atoms. The minimum absolute atomic E-state index is 0.00855. The molecule has 0 radical (unpaired) electrons. The minimum atomic E-state index is -1.63. The summed E-state index contributed by atoms with van der Waals surface area (Å²) in [5.74, 6) is -3.34. The Bertz CT molecular complexity index is 1430. The smallest absolute Gasteiger partial charge is 0.235 e. The van der Waals surface area contributed by atoms with Gasteiger partial charge in [0.15, 0.2) is 11.6 Å². The number of nitrogens with one attached hydrogen (secondary N) is 2. The molecule has 1 aromatic carbocycles. The molecule has 5 rings (SSSR count). The SMILES string of the molecule is C=C1[C@@H](C)[C@H]2[C@H](Cc3c[nH]c4ccccc34)NC(=O)[C@@]23C(=O)/C=C\C(=O)[C@H](O)/C(C)=C\[C@@H](C)C/C=C\[C@H]3[C@@H]1O. The molecule has 2 heterocycles. The first kappa shape index (κ1) is 27.0. The minimum Gasteiger partial charge on any atom is -0.388 e. The normalized spacial score (nSPS) is 38.5. The van der Waals surface area contributed by atoms with Crippen LogP contribution >= 0.6 is 0 Å². The molecule has 1 spiro atoms. The molecule has 1 saturated heterocycles. The standard InChI is InChI=1S/C32H36N2O5/c1-17-8-7-10-23-30(38)20(4)19(3)28-25(15-21-16-33-24-11-6-5-9-22(21)24)34-31(39)32(23,28)27(36)13-12-26(35)29(37)18(2)14-17/h5-7,9-14,16-17,19,23,25,28-30,33,37-38H,4,8,15H2,1-3H3,(H,34,39)/b10-7-,13-12-,18-14-/t17-,19+,23-,25-,28-,29+,30+,32-/m0/s1. The van der Waals surface area contributed by atoms with Gasteiger partial charge >= 0.3 is 0 Å². The number of hydrogen-bond donors (Lipinski definition) is 4. The Labute approximate surface area is 228 Å². The maximum absolute atomic E-state index is 14.1. The van der Waals surface area contributed by atoms with Gasteiger partial charge < -0.3 is 20.5 Å². The van der Waals surface area contributed by atoms with E-state index in [1.54, 1.807) is 13.0 Å². The van der Waals surface area contributed by atoms with Gasteiger partial charge in [-0.2, -0.15) is 0 Å². The van der Waals surface area contributed by atoms with Crippen LogP contribution < -0.4 is 5.32 Å². The van der Waals surface area contributed by atoms with Crippen molar-refractivity contribution in [3.8, 4) is 0 Å². The molecule has 0 unspecified atom stereocenters. The number of ketones is 2. The van der Waals surface area contributed by atoms with Gasteiger partial charge in [0.1, 0.15) is 11.5 Å². The van der Waals surface area contributed by atoms with Crippen molar-refractivity contribution in [2.45, 2.75) is 51.9 Å². The molecule has 39 heavy (non-hydrogen) atoms. The molecule has 2 fully saturated rings. The van der Waals surface area contributed by atoms with Crippen molar-refractivity contribution in [3.05, 3.63) is 84.1 Å². The second-order valence-electron chi connectivity index (χ2n) is 11.4. The summed E-state index contributed by atoms with van der Waals surface area (Å²) in [7, 11) is 0. The summed E-state index contributed by atoms with van der Waals surface area (Å²) < 4.78 is 0. The second-order valence-corrected chi connectivity index (χ2v) is 11.4. The molecule has 204 valence electrons. The van der Waals surface area contributed by atoms with Crippen molar-refractivity contribution >= 4 is 28.4 Å². The zero-order valence-electron chi connectivity index (χ0n) is 22.6. The van der Waals surface area contributed by atoms with Crippen molar-refractivity contribution in [3.63, 3.8) is 0 Å². The monoisotopic (exact) mass is 528 g/mol. The van der Waals surface area contributed by atoms with Crippen LogP contribution in [0.25, 0.3) is 10.9 Å². The van der Waals surface area contributed by atoms with Gasteiger partial charge in [0, 0.05) is 35.0 Å². The van der Waals surface area contributed by atoms with E-state index in [1.807, 2.05) is 56.5 Å². The lowest BCUT2D eigenvalue weighted by Gasteiger charge is -2.48. The largest absolute Gasteiger partial charge is 0.388 e. The van der Waals surface area contributed by atoms with E-state index in [9.17, 15) is 24.6 Å². The van der Waals surface area contributed by atoms with E-state index in [2.05, 4.69) is 16.9 Å². The fraction of sp³-hybridized carbons (Fsp3) is 0.406. The lowest BCUT2D eigenvalue weighted by molar-refractivity contribution is -0.148. The molecular weight excluding hydrogens is 492 g/mol. The summed E-state index contributed by atoms with van der Waals surface area (Å²) in [5.41, 5.74) is 1.46. The molecular formula is C32H36N2O5. The van der Waals surface area contributed by atoms with Gasteiger partial charge in [0.05, 0.1) is 6.10 Å². The van der Waals surface area contributed by atoms with Gasteiger partial charge in [-0.05, 0) is 66.5 Å². The highest BCUT2D eigenvalue weighted by Crippen LogP contribution is 2.56. The Kier molecular flexibility index (Phi) is 7.08. The van der Waals surface area contributed by atoms with E-state index < -0.39 is 53.0 Å². The summed E-state index contributed by atoms with van der Waals surface area (Å²) >= 11 is 0. The fourth-order valence-electron chi connectivity index (χ4n) is 7.01.